The van der Waals surface area contributed by atoms with Crippen molar-refractivity contribution in [2.75, 3.05) is 17.7 Å². The van der Waals surface area contributed by atoms with Crippen molar-refractivity contribution in [3.8, 4) is 15.5 Å². The van der Waals surface area contributed by atoms with Crippen molar-refractivity contribution >= 4 is 44.5 Å². The van der Waals surface area contributed by atoms with Gasteiger partial charge in [0, 0.05) is 11.8 Å². The van der Waals surface area contributed by atoms with Crippen LogP contribution >= 0.6 is 22.7 Å². The zero-order valence-electron chi connectivity index (χ0n) is 15.8. The van der Waals surface area contributed by atoms with Gasteiger partial charge in [-0.3, -0.25) is 10.1 Å². The number of thiazole rings is 2. The van der Waals surface area contributed by atoms with E-state index in [1.54, 1.807) is 19.2 Å². The molecule has 2 heterocycles. The van der Waals surface area contributed by atoms with Crippen LogP contribution in [0.3, 0.4) is 0 Å². The molecule has 29 heavy (non-hydrogen) atoms. The number of carbonyl (C=O) groups is 1. The Kier molecular flexibility index (Phi) is 5.55. The Hall–Kier alpha value is -3.23. The molecule has 0 aliphatic rings. The van der Waals surface area contributed by atoms with Crippen LogP contribution in [0.4, 0.5) is 16.0 Å². The van der Waals surface area contributed by atoms with E-state index < -0.39 is 0 Å². The van der Waals surface area contributed by atoms with Gasteiger partial charge in [-0.2, -0.15) is 0 Å². The molecule has 0 fully saturated rings. The normalized spacial score (nSPS) is 10.6. The Morgan fingerprint density at radius 2 is 1.76 bits per heavy atom. The predicted molar refractivity (Wildman–Crippen MR) is 119 cm³/mol. The van der Waals surface area contributed by atoms with Gasteiger partial charge in [0.2, 0.25) is 0 Å². The highest BCUT2D eigenvalue weighted by Crippen LogP contribution is 2.39. The highest BCUT2D eigenvalue weighted by atomic mass is 32.1. The number of aryl methyl sites for hydroxylation is 1. The number of rotatable bonds is 6. The van der Waals surface area contributed by atoms with Gasteiger partial charge in [-0.1, -0.05) is 53.0 Å². The maximum absolute atomic E-state index is 12.4. The largest absolute Gasteiger partial charge is 0.495 e. The summed E-state index contributed by atoms with van der Waals surface area (Å²) in [7, 11) is 1.64. The van der Waals surface area contributed by atoms with E-state index in [-0.39, 0.29) is 5.91 Å². The molecule has 4 rings (SSSR count). The van der Waals surface area contributed by atoms with Crippen LogP contribution in [-0.2, 0) is 0 Å². The number of hydrogen-bond donors (Lipinski definition) is 2. The van der Waals surface area contributed by atoms with E-state index in [1.807, 2.05) is 55.6 Å². The molecule has 0 spiro atoms. The number of ether oxygens (including phenoxy) is 1. The summed E-state index contributed by atoms with van der Waals surface area (Å²) < 4.78 is 5.37. The number of nitrogens with zero attached hydrogens (tertiary/aromatic N) is 2. The number of aromatic nitrogens is 2. The van der Waals surface area contributed by atoms with Crippen LogP contribution in [0.25, 0.3) is 9.75 Å². The van der Waals surface area contributed by atoms with Gasteiger partial charge in [0.25, 0.3) is 5.91 Å². The number of para-hydroxylation sites is 2. The first-order valence-electron chi connectivity index (χ1n) is 8.84. The van der Waals surface area contributed by atoms with Gasteiger partial charge in [-0.05, 0) is 31.2 Å². The van der Waals surface area contributed by atoms with Crippen LogP contribution in [0, 0.1) is 6.92 Å². The third kappa shape index (κ3) is 4.28. The second kappa shape index (κ2) is 8.42. The minimum absolute atomic E-state index is 0.172. The summed E-state index contributed by atoms with van der Waals surface area (Å²) in [4.78, 5) is 23.3. The van der Waals surface area contributed by atoms with E-state index in [4.69, 9.17) is 4.74 Å². The fourth-order valence-corrected chi connectivity index (χ4v) is 4.67. The molecule has 0 radical (unpaired) electrons. The number of anilines is 3. The molecule has 6 nitrogen and oxygen atoms in total. The van der Waals surface area contributed by atoms with Gasteiger partial charge in [-0.25, -0.2) is 9.97 Å². The molecule has 8 heteroatoms. The van der Waals surface area contributed by atoms with Crippen molar-refractivity contribution in [2.45, 2.75) is 6.92 Å². The summed E-state index contributed by atoms with van der Waals surface area (Å²) in [6.07, 6.45) is 1.81. The lowest BCUT2D eigenvalue weighted by atomic mass is 10.2. The molecular formula is C21H18N4O2S2. The Balaban J connectivity index is 1.52. The lowest BCUT2D eigenvalue weighted by Gasteiger charge is -2.07. The molecule has 1 amide bonds. The van der Waals surface area contributed by atoms with Crippen LogP contribution in [-0.4, -0.2) is 23.0 Å². The Morgan fingerprint density at radius 3 is 2.55 bits per heavy atom. The Labute approximate surface area is 176 Å². The van der Waals surface area contributed by atoms with Gasteiger partial charge in [0.05, 0.1) is 28.2 Å². The van der Waals surface area contributed by atoms with E-state index in [2.05, 4.69) is 20.6 Å². The fourth-order valence-electron chi connectivity index (χ4n) is 2.74. The molecule has 2 N–H and O–H groups in total. The third-order valence-electron chi connectivity index (χ3n) is 4.13. The van der Waals surface area contributed by atoms with E-state index in [0.29, 0.717) is 10.7 Å². The smallest absolute Gasteiger partial charge is 0.257 e. The van der Waals surface area contributed by atoms with Crippen LogP contribution in [0.15, 0.2) is 60.8 Å². The van der Waals surface area contributed by atoms with Gasteiger partial charge in [-0.15, -0.1) is 0 Å². The van der Waals surface area contributed by atoms with Crippen molar-refractivity contribution in [3.63, 3.8) is 0 Å². The molecule has 0 unspecified atom stereocenters. The number of carbonyl (C=O) groups excluding carboxylic acids is 1. The van der Waals surface area contributed by atoms with Crippen molar-refractivity contribution in [1.29, 1.82) is 0 Å². The molecule has 0 atom stereocenters. The molecule has 146 valence electrons. The van der Waals surface area contributed by atoms with Crippen LogP contribution < -0.4 is 15.4 Å². The molecule has 0 bridgehead atoms. The second-order valence-electron chi connectivity index (χ2n) is 6.11. The highest BCUT2D eigenvalue weighted by molar-refractivity contribution is 7.25. The standard InChI is InChI=1S/C21H18N4O2S2/c1-13-18(29-21(23-13)25-19(26)14-8-4-3-5-9-14)17-12-22-20(28-17)24-15-10-6-7-11-16(15)27-2/h3-12H,1-2H3,(H,22,24)(H,23,25,26). The van der Waals surface area contributed by atoms with Gasteiger partial charge in [0.15, 0.2) is 10.3 Å². The molecule has 0 saturated heterocycles. The number of hydrogen-bond acceptors (Lipinski definition) is 7. The summed E-state index contributed by atoms with van der Waals surface area (Å²) in [6.45, 7) is 1.93. The summed E-state index contributed by atoms with van der Waals surface area (Å²) in [5.74, 6) is 0.581. The summed E-state index contributed by atoms with van der Waals surface area (Å²) in [5.41, 5.74) is 2.31. The molecule has 0 saturated carbocycles. The van der Waals surface area contributed by atoms with E-state index in [9.17, 15) is 4.79 Å². The number of amides is 1. The lowest BCUT2D eigenvalue weighted by Crippen LogP contribution is -2.11. The minimum atomic E-state index is -0.172. The first kappa shape index (κ1) is 19.1. The minimum Gasteiger partial charge on any atom is -0.495 e. The molecular weight excluding hydrogens is 404 g/mol. The average molecular weight is 423 g/mol. The van der Waals surface area contributed by atoms with E-state index >= 15 is 0 Å². The fraction of sp³-hybridized carbons (Fsp3) is 0.0952. The maximum Gasteiger partial charge on any atom is 0.257 e. The molecule has 2 aromatic carbocycles. The van der Waals surface area contributed by atoms with Crippen molar-refractivity contribution in [3.05, 3.63) is 72.1 Å². The van der Waals surface area contributed by atoms with Gasteiger partial charge < -0.3 is 10.1 Å². The summed E-state index contributed by atoms with van der Waals surface area (Å²) >= 11 is 2.96. The molecule has 4 aromatic rings. The van der Waals surface area contributed by atoms with Crippen LogP contribution in [0.5, 0.6) is 5.75 Å². The van der Waals surface area contributed by atoms with Crippen molar-refractivity contribution in [1.82, 2.24) is 9.97 Å². The maximum atomic E-state index is 12.4. The topological polar surface area (TPSA) is 76.1 Å². The monoisotopic (exact) mass is 422 g/mol. The van der Waals surface area contributed by atoms with Crippen molar-refractivity contribution in [2.24, 2.45) is 0 Å². The predicted octanol–water partition coefficient (Wildman–Crippen LogP) is 5.58. The third-order valence-corrected chi connectivity index (χ3v) is 6.30. The molecule has 0 aliphatic carbocycles. The summed E-state index contributed by atoms with van der Waals surface area (Å²) in [6, 6.07) is 16.8. The zero-order valence-corrected chi connectivity index (χ0v) is 17.4. The zero-order chi connectivity index (χ0) is 20.2. The van der Waals surface area contributed by atoms with Gasteiger partial charge >= 0.3 is 0 Å². The Bertz CT molecular complexity index is 1140. The molecule has 2 aromatic heterocycles. The number of methoxy groups -OCH3 is 1. The average Bonchev–Trinajstić information content (AvgIpc) is 3.35. The summed E-state index contributed by atoms with van der Waals surface area (Å²) in [5, 5.41) is 7.49. The quantitative estimate of drug-likeness (QED) is 0.424. The van der Waals surface area contributed by atoms with Crippen LogP contribution in [0.2, 0.25) is 0 Å². The van der Waals surface area contributed by atoms with Crippen molar-refractivity contribution < 1.29 is 9.53 Å². The highest BCUT2D eigenvalue weighted by Gasteiger charge is 2.15. The lowest BCUT2D eigenvalue weighted by molar-refractivity contribution is 0.102. The van der Waals surface area contributed by atoms with Gasteiger partial charge in [0.1, 0.15) is 5.75 Å². The first-order valence-corrected chi connectivity index (χ1v) is 10.5. The first-order chi connectivity index (χ1) is 14.1. The number of nitrogens with one attached hydrogen (secondary N) is 2. The number of benzene rings is 2. The Morgan fingerprint density at radius 1 is 1.00 bits per heavy atom. The molecule has 0 aliphatic heterocycles. The van der Waals surface area contributed by atoms with Crippen LogP contribution in [0.1, 0.15) is 16.1 Å². The van der Waals surface area contributed by atoms with E-state index in [1.165, 1.54) is 22.7 Å². The van der Waals surface area contributed by atoms with E-state index in [0.717, 1.165) is 32.0 Å². The second-order valence-corrected chi connectivity index (χ2v) is 8.14. The SMILES string of the molecule is COc1ccccc1Nc1ncc(-c2sc(NC(=O)c3ccccc3)nc2C)s1.